The molecule has 1 amide bonds. The Balaban J connectivity index is 1.35. The van der Waals surface area contributed by atoms with Crippen molar-refractivity contribution < 1.29 is 4.79 Å². The summed E-state index contributed by atoms with van der Waals surface area (Å²) in [7, 11) is 0. The number of amides is 1. The molecule has 2 heterocycles. The number of fused-ring (bicyclic) bond motifs is 1. The SMILES string of the molecule is O=C1NC(=Nc2ccc(Cl)cc2)S/C1=C\c1cn(CCSc2ccc(Cl)cc2)c2ccccc12. The van der Waals surface area contributed by atoms with E-state index in [9.17, 15) is 4.79 Å². The molecule has 4 aromatic rings. The van der Waals surface area contributed by atoms with Gasteiger partial charge < -0.3 is 9.88 Å². The fourth-order valence-corrected chi connectivity index (χ4v) is 5.56. The summed E-state index contributed by atoms with van der Waals surface area (Å²) in [4.78, 5) is 18.9. The fraction of sp³-hybridized carbons (Fsp3) is 0.0769. The van der Waals surface area contributed by atoms with Gasteiger partial charge in [-0.25, -0.2) is 4.99 Å². The number of hydrogen-bond acceptors (Lipinski definition) is 4. The Kier molecular flexibility index (Phi) is 7.02. The molecule has 4 nitrogen and oxygen atoms in total. The molecule has 3 aromatic carbocycles. The van der Waals surface area contributed by atoms with Crippen molar-refractivity contribution in [3.63, 3.8) is 0 Å². The summed E-state index contributed by atoms with van der Waals surface area (Å²) in [5.74, 6) is 0.775. The van der Waals surface area contributed by atoms with Crippen LogP contribution in [0.2, 0.25) is 10.0 Å². The molecule has 0 bridgehead atoms. The van der Waals surface area contributed by atoms with E-state index in [0.29, 0.717) is 15.1 Å². The lowest BCUT2D eigenvalue weighted by Gasteiger charge is -2.05. The molecule has 5 rings (SSSR count). The first kappa shape index (κ1) is 23.1. The summed E-state index contributed by atoms with van der Waals surface area (Å²) < 4.78 is 2.24. The first-order valence-electron chi connectivity index (χ1n) is 10.6. The Labute approximate surface area is 216 Å². The van der Waals surface area contributed by atoms with Crippen molar-refractivity contribution in [2.45, 2.75) is 11.4 Å². The highest BCUT2D eigenvalue weighted by Gasteiger charge is 2.24. The molecule has 0 radical (unpaired) electrons. The molecular formula is C26H19Cl2N3OS2. The third-order valence-corrected chi connectivity index (χ3v) is 7.63. The molecule has 1 N–H and O–H groups in total. The summed E-state index contributed by atoms with van der Waals surface area (Å²) >= 11 is 15.1. The van der Waals surface area contributed by atoms with E-state index < -0.39 is 0 Å². The van der Waals surface area contributed by atoms with Gasteiger partial charge in [0.05, 0.1) is 10.6 Å². The number of nitrogens with one attached hydrogen (secondary N) is 1. The van der Waals surface area contributed by atoms with E-state index in [1.165, 1.54) is 16.7 Å². The van der Waals surface area contributed by atoms with E-state index in [-0.39, 0.29) is 5.91 Å². The topological polar surface area (TPSA) is 46.4 Å². The normalized spacial score (nSPS) is 16.0. The number of nitrogens with zero attached hydrogens (tertiary/aromatic N) is 2. The summed E-state index contributed by atoms with van der Waals surface area (Å²) in [6.07, 6.45) is 4.05. The van der Waals surface area contributed by atoms with Gasteiger partial charge in [0.25, 0.3) is 5.91 Å². The van der Waals surface area contributed by atoms with Gasteiger partial charge in [0, 0.05) is 49.9 Å². The zero-order chi connectivity index (χ0) is 23.5. The van der Waals surface area contributed by atoms with Crippen LogP contribution >= 0.6 is 46.7 Å². The number of amidine groups is 1. The lowest BCUT2D eigenvalue weighted by molar-refractivity contribution is -0.115. The Morgan fingerprint density at radius 3 is 2.44 bits per heavy atom. The minimum absolute atomic E-state index is 0.146. The maximum absolute atomic E-state index is 12.6. The molecule has 170 valence electrons. The van der Waals surface area contributed by atoms with Crippen LogP contribution in [-0.4, -0.2) is 21.4 Å². The predicted molar refractivity (Wildman–Crippen MR) is 146 cm³/mol. The second kappa shape index (κ2) is 10.3. The largest absolute Gasteiger partial charge is 0.346 e. The van der Waals surface area contributed by atoms with Gasteiger partial charge in [0.1, 0.15) is 0 Å². The number of rotatable bonds is 6. The Hall–Kier alpha value is -2.64. The van der Waals surface area contributed by atoms with Crippen LogP contribution in [0.15, 0.2) is 93.8 Å². The maximum atomic E-state index is 12.6. The number of aliphatic imine (C=N–C) groups is 1. The van der Waals surface area contributed by atoms with Crippen molar-refractivity contribution in [1.29, 1.82) is 0 Å². The van der Waals surface area contributed by atoms with Crippen LogP contribution in [0.4, 0.5) is 5.69 Å². The first-order chi connectivity index (χ1) is 16.5. The third kappa shape index (κ3) is 5.36. The van der Waals surface area contributed by atoms with Crippen molar-refractivity contribution in [2.24, 2.45) is 4.99 Å². The van der Waals surface area contributed by atoms with Crippen LogP contribution in [-0.2, 0) is 11.3 Å². The number of carbonyl (C=O) groups excluding carboxylic acids is 1. The lowest BCUT2D eigenvalue weighted by atomic mass is 10.1. The highest BCUT2D eigenvalue weighted by atomic mass is 35.5. The molecule has 1 aromatic heterocycles. The molecule has 1 fully saturated rings. The van der Waals surface area contributed by atoms with Crippen molar-refractivity contribution >= 4 is 80.5 Å². The Morgan fingerprint density at radius 2 is 1.68 bits per heavy atom. The van der Waals surface area contributed by atoms with E-state index in [2.05, 4.69) is 33.2 Å². The van der Waals surface area contributed by atoms with E-state index in [1.807, 2.05) is 54.6 Å². The minimum Gasteiger partial charge on any atom is -0.346 e. The fourth-order valence-electron chi connectivity index (χ4n) is 3.62. The quantitative estimate of drug-likeness (QED) is 0.208. The lowest BCUT2D eigenvalue weighted by Crippen LogP contribution is -2.19. The molecule has 1 aliphatic heterocycles. The Bertz CT molecular complexity index is 1410. The summed E-state index contributed by atoms with van der Waals surface area (Å²) in [6.45, 7) is 0.847. The number of benzene rings is 3. The molecular weight excluding hydrogens is 505 g/mol. The second-order valence-electron chi connectivity index (χ2n) is 7.56. The number of carbonyl (C=O) groups is 1. The standard InChI is InChI=1S/C26H19Cl2N3OS2/c27-18-5-9-20(10-6-18)29-26-30-25(32)24(34-26)15-17-16-31(23-4-2-1-3-22(17)23)13-14-33-21-11-7-19(28)8-12-21/h1-12,15-16H,13-14H2,(H,29,30,32)/b24-15-. The van der Waals surface area contributed by atoms with Crippen LogP contribution in [0.25, 0.3) is 17.0 Å². The van der Waals surface area contributed by atoms with Gasteiger partial charge in [-0.15, -0.1) is 11.8 Å². The second-order valence-corrected chi connectivity index (χ2v) is 10.6. The van der Waals surface area contributed by atoms with Gasteiger partial charge in [-0.05, 0) is 72.4 Å². The molecule has 1 saturated heterocycles. The van der Waals surface area contributed by atoms with Crippen molar-refractivity contribution in [3.8, 4) is 0 Å². The average Bonchev–Trinajstić information content (AvgIpc) is 3.36. The molecule has 0 aliphatic carbocycles. The van der Waals surface area contributed by atoms with Gasteiger partial charge in [-0.3, -0.25) is 4.79 Å². The number of hydrogen-bond donors (Lipinski definition) is 1. The number of aryl methyl sites for hydroxylation is 1. The number of aromatic nitrogens is 1. The third-order valence-electron chi connectivity index (χ3n) is 5.23. The van der Waals surface area contributed by atoms with E-state index in [1.54, 1.807) is 23.9 Å². The first-order valence-corrected chi connectivity index (χ1v) is 13.1. The van der Waals surface area contributed by atoms with Crippen molar-refractivity contribution in [2.75, 3.05) is 5.75 Å². The van der Waals surface area contributed by atoms with E-state index >= 15 is 0 Å². The Morgan fingerprint density at radius 1 is 0.971 bits per heavy atom. The highest BCUT2D eigenvalue weighted by Crippen LogP contribution is 2.31. The summed E-state index contributed by atoms with van der Waals surface area (Å²) in [5.41, 5.74) is 2.89. The molecule has 0 spiro atoms. The van der Waals surface area contributed by atoms with E-state index in [0.717, 1.165) is 39.5 Å². The highest BCUT2D eigenvalue weighted by molar-refractivity contribution is 8.18. The van der Waals surface area contributed by atoms with Crippen molar-refractivity contribution in [3.05, 3.63) is 99.5 Å². The number of para-hydroxylation sites is 1. The molecule has 0 atom stereocenters. The van der Waals surface area contributed by atoms with Gasteiger partial charge in [0.15, 0.2) is 5.17 Å². The van der Waals surface area contributed by atoms with Crippen LogP contribution in [0, 0.1) is 0 Å². The van der Waals surface area contributed by atoms with Crippen LogP contribution < -0.4 is 5.32 Å². The predicted octanol–water partition coefficient (Wildman–Crippen LogP) is 7.63. The average molecular weight is 524 g/mol. The number of thioether (sulfide) groups is 2. The van der Waals surface area contributed by atoms with E-state index in [4.69, 9.17) is 23.2 Å². The molecule has 1 aliphatic rings. The molecule has 34 heavy (non-hydrogen) atoms. The van der Waals surface area contributed by atoms with Crippen LogP contribution in [0.5, 0.6) is 0 Å². The summed E-state index contributed by atoms with van der Waals surface area (Å²) in [6, 6.07) is 23.3. The molecule has 0 unspecified atom stereocenters. The zero-order valence-corrected chi connectivity index (χ0v) is 21.0. The zero-order valence-electron chi connectivity index (χ0n) is 17.9. The monoisotopic (exact) mass is 523 g/mol. The van der Waals surface area contributed by atoms with Gasteiger partial charge >= 0.3 is 0 Å². The van der Waals surface area contributed by atoms with Gasteiger partial charge in [-0.1, -0.05) is 41.4 Å². The van der Waals surface area contributed by atoms with Gasteiger partial charge in [-0.2, -0.15) is 0 Å². The smallest absolute Gasteiger partial charge is 0.264 e. The van der Waals surface area contributed by atoms with Crippen LogP contribution in [0.3, 0.4) is 0 Å². The molecule has 0 saturated carbocycles. The number of halogens is 2. The van der Waals surface area contributed by atoms with Crippen LogP contribution in [0.1, 0.15) is 5.56 Å². The van der Waals surface area contributed by atoms with Crippen molar-refractivity contribution in [1.82, 2.24) is 9.88 Å². The molecule has 8 heteroatoms. The minimum atomic E-state index is -0.146. The maximum Gasteiger partial charge on any atom is 0.264 e. The summed E-state index contributed by atoms with van der Waals surface area (Å²) in [5, 5.41) is 5.92. The van der Waals surface area contributed by atoms with Gasteiger partial charge in [0.2, 0.25) is 0 Å².